The van der Waals surface area contributed by atoms with Crippen molar-refractivity contribution in [2.75, 3.05) is 18.1 Å². The number of carboxylic acid groups (broad SMARTS) is 2. The fraction of sp³-hybridized carbons (Fsp3) is 0.107. The molecule has 0 amide bonds. The van der Waals surface area contributed by atoms with Crippen molar-refractivity contribution in [1.29, 1.82) is 0 Å². The van der Waals surface area contributed by atoms with E-state index in [0.29, 0.717) is 11.4 Å². The molecular weight excluding hydrogens is 577 g/mol. The minimum Gasteiger partial charge on any atom is -0.478 e. The van der Waals surface area contributed by atoms with Gasteiger partial charge in [-0.1, -0.05) is 54.6 Å². The summed E-state index contributed by atoms with van der Waals surface area (Å²) in [6.07, 6.45) is 6.80. The highest BCUT2D eigenvalue weighted by molar-refractivity contribution is 7.90. The molecule has 0 unspecified atom stereocenters. The van der Waals surface area contributed by atoms with Gasteiger partial charge in [-0.2, -0.15) is 0 Å². The smallest absolute Gasteiger partial charge is 0.335 e. The van der Waals surface area contributed by atoms with Crippen LogP contribution in [-0.4, -0.2) is 52.3 Å². The maximum Gasteiger partial charge on any atom is 0.335 e. The second-order valence-corrected chi connectivity index (χ2v) is 9.93. The van der Waals surface area contributed by atoms with Gasteiger partial charge in [0.15, 0.2) is 0 Å². The van der Waals surface area contributed by atoms with Crippen LogP contribution in [0, 0.1) is 6.92 Å². The Bertz CT molecular complexity index is 1530. The molecule has 0 aliphatic heterocycles. The molecule has 0 radical (unpaired) electrons. The van der Waals surface area contributed by atoms with Crippen molar-refractivity contribution in [3.05, 3.63) is 114 Å². The molecule has 0 fully saturated rings. The monoisotopic (exact) mass is 605 g/mol. The second kappa shape index (κ2) is 15.5. The largest absolute Gasteiger partial charge is 0.478 e. The summed E-state index contributed by atoms with van der Waals surface area (Å²) in [5, 5.41) is 20.1. The normalized spacial score (nSPS) is 10.4. The van der Waals surface area contributed by atoms with Crippen LogP contribution in [0.15, 0.2) is 91.3 Å². The molecule has 0 saturated heterocycles. The summed E-state index contributed by atoms with van der Waals surface area (Å²) >= 11 is 0. The lowest BCUT2D eigenvalue weighted by molar-refractivity contribution is 0.0696. The maximum atomic E-state index is 13.0. The van der Waals surface area contributed by atoms with Crippen molar-refractivity contribution >= 4 is 58.5 Å². The van der Waals surface area contributed by atoms with Crippen LogP contribution < -0.4 is 5.32 Å². The standard InChI is InChI=1S/C20H21N3O2S.C8H6O4.2ClH/c1-16-19(21-2)14-20(18-10-4-3-5-11-18)23(16)26(24,25)13-7-9-17-8-6-12-22-15-17;9-7(10)5-2-1-3-6(4-5)8(11)12;;/h3-12,14-15,21H,13H2,1-2H3;1-4H,(H,9,10)(H,11,12);2*1H. The van der Waals surface area contributed by atoms with Crippen molar-refractivity contribution in [1.82, 2.24) is 8.96 Å². The summed E-state index contributed by atoms with van der Waals surface area (Å²) in [7, 11) is -1.77. The molecule has 0 aliphatic carbocycles. The van der Waals surface area contributed by atoms with Gasteiger partial charge in [-0.05, 0) is 48.4 Å². The van der Waals surface area contributed by atoms with E-state index in [4.69, 9.17) is 10.2 Å². The fourth-order valence-corrected chi connectivity index (χ4v) is 5.11. The number of aromatic nitrogens is 2. The van der Waals surface area contributed by atoms with Gasteiger partial charge >= 0.3 is 11.9 Å². The second-order valence-electron chi connectivity index (χ2n) is 8.07. The number of carbonyl (C=O) groups is 2. The van der Waals surface area contributed by atoms with Crippen molar-refractivity contribution in [3.63, 3.8) is 0 Å². The molecule has 40 heavy (non-hydrogen) atoms. The van der Waals surface area contributed by atoms with Crippen molar-refractivity contribution in [2.45, 2.75) is 6.92 Å². The minimum atomic E-state index is -3.56. The molecule has 9 nitrogen and oxygen atoms in total. The summed E-state index contributed by atoms with van der Waals surface area (Å²) in [4.78, 5) is 24.8. The molecule has 2 aromatic carbocycles. The SMILES string of the molecule is CNc1cc(-c2ccccc2)n(S(=O)(=O)CC=Cc2cccnc2)c1C.Cl.Cl.O=C(O)c1cccc(C(=O)O)c1. The molecule has 0 bridgehead atoms. The first-order valence-electron chi connectivity index (χ1n) is 11.5. The molecule has 2 aromatic heterocycles. The highest BCUT2D eigenvalue weighted by atomic mass is 35.5. The quantitative estimate of drug-likeness (QED) is 0.232. The lowest BCUT2D eigenvalue weighted by Gasteiger charge is -2.11. The fourth-order valence-electron chi connectivity index (χ4n) is 3.65. The molecule has 0 aliphatic rings. The van der Waals surface area contributed by atoms with Gasteiger partial charge < -0.3 is 15.5 Å². The first-order chi connectivity index (χ1) is 18.1. The van der Waals surface area contributed by atoms with Crippen LogP contribution in [0.2, 0.25) is 0 Å². The Hall–Kier alpha value is -4.12. The Morgan fingerprint density at radius 3 is 2.08 bits per heavy atom. The zero-order valence-corrected chi connectivity index (χ0v) is 24.0. The van der Waals surface area contributed by atoms with Crippen LogP contribution in [0.4, 0.5) is 5.69 Å². The van der Waals surface area contributed by atoms with E-state index in [1.54, 1.807) is 38.5 Å². The van der Waals surface area contributed by atoms with E-state index < -0.39 is 22.0 Å². The zero-order valence-electron chi connectivity index (χ0n) is 21.6. The summed E-state index contributed by atoms with van der Waals surface area (Å²) in [5.41, 5.74) is 3.81. The van der Waals surface area contributed by atoms with Gasteiger partial charge in [0.25, 0.3) is 0 Å². The van der Waals surface area contributed by atoms with E-state index in [1.807, 2.05) is 48.5 Å². The van der Waals surface area contributed by atoms with Crippen molar-refractivity contribution < 1.29 is 28.2 Å². The van der Waals surface area contributed by atoms with Gasteiger partial charge in [0.05, 0.1) is 34.0 Å². The number of carboxylic acids is 2. The molecule has 12 heteroatoms. The molecule has 4 rings (SSSR count). The molecule has 0 atom stereocenters. The van der Waals surface area contributed by atoms with Gasteiger partial charge in [-0.15, -0.1) is 24.8 Å². The molecule has 0 saturated carbocycles. The minimum absolute atomic E-state index is 0. The number of anilines is 1. The van der Waals surface area contributed by atoms with Crippen molar-refractivity contribution in [3.8, 4) is 11.3 Å². The summed E-state index contributed by atoms with van der Waals surface area (Å²) in [5.74, 6) is -2.35. The number of rotatable bonds is 8. The molecule has 2 heterocycles. The Labute approximate surface area is 245 Å². The Morgan fingerprint density at radius 2 is 1.55 bits per heavy atom. The predicted octanol–water partition coefficient (Wildman–Crippen LogP) is 5.72. The molecule has 212 valence electrons. The lowest BCUT2D eigenvalue weighted by atomic mass is 10.1. The summed E-state index contributed by atoms with van der Waals surface area (Å²) in [6, 6.07) is 20.3. The highest BCUT2D eigenvalue weighted by Gasteiger charge is 2.22. The molecule has 3 N–H and O–H groups in total. The van der Waals surface area contributed by atoms with Gasteiger partial charge in [0, 0.05) is 19.4 Å². The van der Waals surface area contributed by atoms with Crippen LogP contribution in [-0.2, 0) is 10.0 Å². The lowest BCUT2D eigenvalue weighted by Crippen LogP contribution is -2.18. The average Bonchev–Trinajstić information content (AvgIpc) is 3.27. The van der Waals surface area contributed by atoms with Gasteiger partial charge in [-0.25, -0.2) is 22.0 Å². The third kappa shape index (κ3) is 8.70. The van der Waals surface area contributed by atoms with Gasteiger partial charge in [-0.3, -0.25) is 4.98 Å². The first-order valence-corrected chi connectivity index (χ1v) is 13.1. The van der Waals surface area contributed by atoms with E-state index >= 15 is 0 Å². The number of nitrogens with zero attached hydrogens (tertiary/aromatic N) is 2. The number of aromatic carboxylic acids is 2. The third-order valence-corrected chi connectivity index (χ3v) is 7.11. The van der Waals surface area contributed by atoms with Crippen LogP contribution in [0.5, 0.6) is 0 Å². The number of benzene rings is 2. The third-order valence-electron chi connectivity index (χ3n) is 5.47. The zero-order chi connectivity index (χ0) is 27.7. The number of halogens is 2. The maximum absolute atomic E-state index is 13.0. The van der Waals surface area contributed by atoms with Crippen LogP contribution in [0.1, 0.15) is 32.0 Å². The Balaban J connectivity index is 0.000000486. The van der Waals surface area contributed by atoms with E-state index in [2.05, 4.69) is 10.3 Å². The molecule has 0 spiro atoms. The Morgan fingerprint density at radius 1 is 0.925 bits per heavy atom. The summed E-state index contributed by atoms with van der Waals surface area (Å²) in [6.45, 7) is 1.81. The number of hydrogen-bond acceptors (Lipinski definition) is 6. The van der Waals surface area contributed by atoms with Crippen molar-refractivity contribution in [2.24, 2.45) is 0 Å². The van der Waals surface area contributed by atoms with E-state index in [0.717, 1.165) is 22.9 Å². The first kappa shape index (κ1) is 33.9. The summed E-state index contributed by atoms with van der Waals surface area (Å²) < 4.78 is 27.5. The van der Waals surface area contributed by atoms with Crippen LogP contribution in [0.3, 0.4) is 0 Å². The average molecular weight is 607 g/mol. The molecule has 4 aromatic rings. The van der Waals surface area contributed by atoms with E-state index in [9.17, 15) is 18.0 Å². The number of hydrogen-bond donors (Lipinski definition) is 3. The number of nitrogens with one attached hydrogen (secondary N) is 1. The number of pyridine rings is 1. The predicted molar refractivity (Wildman–Crippen MR) is 161 cm³/mol. The van der Waals surface area contributed by atoms with Crippen LogP contribution >= 0.6 is 24.8 Å². The highest BCUT2D eigenvalue weighted by Crippen LogP contribution is 2.30. The van der Waals surface area contributed by atoms with Gasteiger partial charge in [0.2, 0.25) is 10.0 Å². The Kier molecular flexibility index (Phi) is 13.1. The topological polar surface area (TPSA) is 139 Å². The van der Waals surface area contributed by atoms with Gasteiger partial charge in [0.1, 0.15) is 0 Å². The van der Waals surface area contributed by atoms with E-state index in [-0.39, 0.29) is 41.7 Å². The van der Waals surface area contributed by atoms with Crippen LogP contribution in [0.25, 0.3) is 17.3 Å². The molecular formula is C28H29Cl2N3O6S. The van der Waals surface area contributed by atoms with E-state index in [1.165, 1.54) is 22.2 Å².